The molecule has 1 nitrogen and oxygen atoms in total. The number of halogens is 3. The predicted molar refractivity (Wildman–Crippen MR) is 72.4 cm³/mol. The smallest absolute Gasteiger partial charge is 0.142 e. The van der Waals surface area contributed by atoms with Gasteiger partial charge in [0.05, 0.1) is 10.5 Å². The van der Waals surface area contributed by atoms with Gasteiger partial charge in [0.1, 0.15) is 11.6 Å². The van der Waals surface area contributed by atoms with E-state index in [4.69, 9.17) is 11.6 Å². The van der Waals surface area contributed by atoms with Crippen LogP contribution in [0.3, 0.4) is 0 Å². The molecule has 0 saturated carbocycles. The predicted octanol–water partition coefficient (Wildman–Crippen LogP) is 4.62. The van der Waals surface area contributed by atoms with Crippen LogP contribution in [0, 0.1) is 11.6 Å². The van der Waals surface area contributed by atoms with Gasteiger partial charge in [-0.15, -0.1) is 0 Å². The van der Waals surface area contributed by atoms with E-state index in [1.54, 1.807) is 18.2 Å². The van der Waals surface area contributed by atoms with Gasteiger partial charge in [0, 0.05) is 12.7 Å². The minimum Gasteiger partial charge on any atom is -0.343 e. The molecule has 1 heterocycles. The molecule has 0 spiro atoms. The van der Waals surface area contributed by atoms with Gasteiger partial charge in [-0.3, -0.25) is 0 Å². The van der Waals surface area contributed by atoms with E-state index < -0.39 is 5.82 Å². The third-order valence-corrected chi connectivity index (χ3v) is 3.53. The molecule has 0 atom stereocenters. The van der Waals surface area contributed by atoms with Crippen LogP contribution >= 0.6 is 11.6 Å². The molecule has 0 aliphatic rings. The molecule has 0 bridgehead atoms. The number of nitrogens with zero attached hydrogens (tertiary/aromatic N) is 1. The van der Waals surface area contributed by atoms with Gasteiger partial charge in [0.2, 0.25) is 0 Å². The second-order valence-corrected chi connectivity index (χ2v) is 4.74. The molecule has 0 saturated heterocycles. The zero-order valence-electron chi connectivity index (χ0n) is 9.91. The van der Waals surface area contributed by atoms with Gasteiger partial charge < -0.3 is 4.57 Å². The molecular weight excluding hydrogens is 268 g/mol. The molecule has 3 rings (SSSR count). The molecule has 4 heteroatoms. The highest BCUT2D eigenvalue weighted by atomic mass is 35.5. The second-order valence-electron chi connectivity index (χ2n) is 4.36. The summed E-state index contributed by atoms with van der Waals surface area (Å²) in [5.41, 5.74) is 1.43. The molecule has 3 aromatic rings. The quantitative estimate of drug-likeness (QED) is 0.644. The summed E-state index contributed by atoms with van der Waals surface area (Å²) < 4.78 is 28.5. The van der Waals surface area contributed by atoms with Crippen LogP contribution in [0.5, 0.6) is 0 Å². The second kappa shape index (κ2) is 4.67. The summed E-state index contributed by atoms with van der Waals surface area (Å²) in [6, 6.07) is 11.2. The maximum atomic E-state index is 13.4. The van der Waals surface area contributed by atoms with E-state index in [2.05, 4.69) is 0 Å². The Hall–Kier alpha value is -1.87. The van der Waals surface area contributed by atoms with Crippen LogP contribution < -0.4 is 0 Å². The average molecular weight is 278 g/mol. The van der Waals surface area contributed by atoms with Crippen LogP contribution in [0.1, 0.15) is 5.56 Å². The van der Waals surface area contributed by atoms with Gasteiger partial charge in [-0.25, -0.2) is 8.78 Å². The first kappa shape index (κ1) is 12.2. The number of aromatic nitrogens is 1. The minimum atomic E-state index is -0.443. The largest absolute Gasteiger partial charge is 0.343 e. The van der Waals surface area contributed by atoms with E-state index in [9.17, 15) is 8.78 Å². The van der Waals surface area contributed by atoms with Crippen molar-refractivity contribution in [2.24, 2.45) is 0 Å². The van der Waals surface area contributed by atoms with E-state index in [-0.39, 0.29) is 10.8 Å². The molecular formula is C15H10ClF2N. The van der Waals surface area contributed by atoms with Crippen molar-refractivity contribution in [1.82, 2.24) is 4.57 Å². The summed E-state index contributed by atoms with van der Waals surface area (Å²) in [5.74, 6) is -0.736. The average Bonchev–Trinajstić information content (AvgIpc) is 2.78. The van der Waals surface area contributed by atoms with E-state index in [0.29, 0.717) is 12.1 Å². The highest BCUT2D eigenvalue weighted by Crippen LogP contribution is 2.23. The zero-order valence-corrected chi connectivity index (χ0v) is 10.7. The number of rotatable bonds is 2. The fourth-order valence-corrected chi connectivity index (χ4v) is 2.33. The van der Waals surface area contributed by atoms with E-state index in [1.165, 1.54) is 18.2 Å². The lowest BCUT2D eigenvalue weighted by molar-refractivity contribution is 0.623. The maximum absolute atomic E-state index is 13.4. The van der Waals surface area contributed by atoms with Crippen molar-refractivity contribution in [3.8, 4) is 0 Å². The topological polar surface area (TPSA) is 4.93 Å². The Morgan fingerprint density at radius 2 is 1.89 bits per heavy atom. The van der Waals surface area contributed by atoms with Gasteiger partial charge in [0.15, 0.2) is 0 Å². The van der Waals surface area contributed by atoms with E-state index in [0.717, 1.165) is 10.9 Å². The summed E-state index contributed by atoms with van der Waals surface area (Å²) in [7, 11) is 0. The van der Waals surface area contributed by atoms with Crippen molar-refractivity contribution in [3.63, 3.8) is 0 Å². The van der Waals surface area contributed by atoms with Crippen molar-refractivity contribution in [2.45, 2.75) is 6.54 Å². The number of hydrogen-bond acceptors (Lipinski definition) is 0. The standard InChI is InChI=1S/C15H10ClF2N/c16-15-11(2-1-3-13(15)18)9-19-7-6-10-4-5-12(17)8-14(10)19/h1-8H,9H2. The number of hydrogen-bond donors (Lipinski definition) is 0. The minimum absolute atomic E-state index is 0.112. The Kier molecular flexibility index (Phi) is 2.99. The lowest BCUT2D eigenvalue weighted by Gasteiger charge is -2.08. The third kappa shape index (κ3) is 2.22. The van der Waals surface area contributed by atoms with Crippen molar-refractivity contribution in [2.75, 3.05) is 0 Å². The third-order valence-electron chi connectivity index (χ3n) is 3.11. The monoisotopic (exact) mass is 277 g/mol. The van der Waals surface area contributed by atoms with Gasteiger partial charge in [-0.1, -0.05) is 23.7 Å². The summed E-state index contributed by atoms with van der Waals surface area (Å²) in [6.45, 7) is 0.406. The summed E-state index contributed by atoms with van der Waals surface area (Å²) in [5, 5.41) is 1.05. The van der Waals surface area contributed by atoms with Crippen LogP contribution in [0.25, 0.3) is 10.9 Å². The molecule has 0 radical (unpaired) electrons. The van der Waals surface area contributed by atoms with Crippen LogP contribution in [-0.4, -0.2) is 4.57 Å². The Bertz CT molecular complexity index is 749. The molecule has 0 fully saturated rings. The van der Waals surface area contributed by atoms with E-state index in [1.807, 2.05) is 16.8 Å². The first-order valence-corrected chi connectivity index (χ1v) is 6.20. The van der Waals surface area contributed by atoms with E-state index >= 15 is 0 Å². The normalized spacial score (nSPS) is 11.1. The summed E-state index contributed by atoms with van der Waals surface area (Å²) in [4.78, 5) is 0. The fourth-order valence-electron chi connectivity index (χ4n) is 2.15. The van der Waals surface area contributed by atoms with Gasteiger partial charge >= 0.3 is 0 Å². The Morgan fingerprint density at radius 3 is 2.74 bits per heavy atom. The molecule has 19 heavy (non-hydrogen) atoms. The zero-order chi connectivity index (χ0) is 13.4. The summed E-state index contributed by atoms with van der Waals surface area (Å²) >= 11 is 5.93. The van der Waals surface area contributed by atoms with Crippen molar-refractivity contribution < 1.29 is 8.78 Å². The molecule has 0 N–H and O–H groups in total. The van der Waals surface area contributed by atoms with Crippen LogP contribution in [0.4, 0.5) is 8.78 Å². The van der Waals surface area contributed by atoms with Crippen LogP contribution in [0.15, 0.2) is 48.7 Å². The molecule has 1 aromatic heterocycles. The Morgan fingerprint density at radius 1 is 1.05 bits per heavy atom. The maximum Gasteiger partial charge on any atom is 0.142 e. The number of fused-ring (bicyclic) bond motifs is 1. The Balaban J connectivity index is 2.06. The first-order chi connectivity index (χ1) is 9.15. The van der Waals surface area contributed by atoms with Gasteiger partial charge in [-0.05, 0) is 41.3 Å². The SMILES string of the molecule is Fc1ccc2ccn(Cc3cccc(F)c3Cl)c2c1. The molecule has 0 amide bonds. The highest BCUT2D eigenvalue weighted by molar-refractivity contribution is 6.31. The molecule has 0 aliphatic heterocycles. The first-order valence-electron chi connectivity index (χ1n) is 5.82. The van der Waals surface area contributed by atoms with Crippen molar-refractivity contribution >= 4 is 22.5 Å². The van der Waals surface area contributed by atoms with Crippen molar-refractivity contribution in [3.05, 3.63) is 70.9 Å². The van der Waals surface area contributed by atoms with Crippen molar-refractivity contribution in [1.29, 1.82) is 0 Å². The lowest BCUT2D eigenvalue weighted by atomic mass is 10.2. The van der Waals surface area contributed by atoms with Crippen LogP contribution in [0.2, 0.25) is 5.02 Å². The molecule has 96 valence electrons. The van der Waals surface area contributed by atoms with Gasteiger partial charge in [0.25, 0.3) is 0 Å². The Labute approximate surface area is 114 Å². The lowest BCUT2D eigenvalue weighted by Crippen LogP contribution is -1.99. The fraction of sp³-hybridized carbons (Fsp3) is 0.0667. The summed E-state index contributed by atoms with van der Waals surface area (Å²) in [6.07, 6.45) is 1.84. The molecule has 0 aliphatic carbocycles. The molecule has 0 unspecified atom stereocenters. The highest BCUT2D eigenvalue weighted by Gasteiger charge is 2.08. The van der Waals surface area contributed by atoms with Crippen LogP contribution in [-0.2, 0) is 6.54 Å². The van der Waals surface area contributed by atoms with Gasteiger partial charge in [-0.2, -0.15) is 0 Å². The number of benzene rings is 2. The molecule has 2 aromatic carbocycles.